The van der Waals surface area contributed by atoms with E-state index in [2.05, 4.69) is 10.6 Å². The molecule has 1 aromatic heterocycles. The quantitative estimate of drug-likeness (QED) is 0.433. The Morgan fingerprint density at radius 2 is 1.95 bits per heavy atom. The highest BCUT2D eigenvalue weighted by molar-refractivity contribution is 6.32. The summed E-state index contributed by atoms with van der Waals surface area (Å²) in [5, 5.41) is 14.4. The number of nitriles is 1. The summed E-state index contributed by atoms with van der Waals surface area (Å²) in [5.41, 5.74) is -0.676. The number of urea groups is 1. The van der Waals surface area contributed by atoms with Crippen LogP contribution in [0, 0.1) is 17.1 Å². The van der Waals surface area contributed by atoms with Crippen molar-refractivity contribution in [1.29, 1.82) is 5.26 Å². The molecule has 12 nitrogen and oxygen atoms in total. The molecule has 2 aromatic carbocycles. The zero-order chi connectivity index (χ0) is 30.8. The number of halogens is 2. The number of nitrogens with one attached hydrogen (secondary N) is 2. The average molecular weight is 613 g/mol. The molecule has 2 aliphatic heterocycles. The van der Waals surface area contributed by atoms with E-state index in [-0.39, 0.29) is 65.6 Å². The van der Waals surface area contributed by atoms with Crippen LogP contribution in [-0.2, 0) is 20.8 Å². The molecule has 226 valence electrons. The van der Waals surface area contributed by atoms with Crippen molar-refractivity contribution in [3.05, 3.63) is 67.6 Å². The van der Waals surface area contributed by atoms with Crippen LogP contribution in [0.2, 0.25) is 5.02 Å². The third kappa shape index (κ3) is 6.27. The predicted molar refractivity (Wildman–Crippen MR) is 157 cm³/mol. The smallest absolute Gasteiger partial charge is 0.331 e. The number of hydrogen-bond donors (Lipinski definition) is 2. The Morgan fingerprint density at radius 3 is 2.63 bits per heavy atom. The summed E-state index contributed by atoms with van der Waals surface area (Å²) in [6, 6.07) is 7.59. The van der Waals surface area contributed by atoms with Crippen LogP contribution in [0.15, 0.2) is 39.9 Å². The fourth-order valence-electron chi connectivity index (χ4n) is 5.24. The summed E-state index contributed by atoms with van der Waals surface area (Å²) < 4.78 is 29.0. The number of fused-ring (bicyclic) bond motifs is 1. The van der Waals surface area contributed by atoms with Crippen LogP contribution in [0.4, 0.5) is 20.6 Å². The van der Waals surface area contributed by atoms with Gasteiger partial charge in [0.05, 0.1) is 53.0 Å². The molecular formula is C29H30ClFN6O6. The number of carbonyl (C=O) groups excluding carboxylic acids is 2. The first-order valence-corrected chi connectivity index (χ1v) is 14.2. The Morgan fingerprint density at radius 1 is 1.16 bits per heavy atom. The minimum Gasteiger partial charge on any atom is -0.376 e. The zero-order valence-electron chi connectivity index (χ0n) is 23.6. The molecule has 3 heterocycles. The molecular weight excluding hydrogens is 583 g/mol. The Kier molecular flexibility index (Phi) is 8.82. The number of rotatable bonds is 6. The molecule has 2 saturated heterocycles. The first kappa shape index (κ1) is 30.2. The minimum atomic E-state index is -1.03. The predicted octanol–water partition coefficient (Wildman–Crippen LogP) is 3.46. The highest BCUT2D eigenvalue weighted by atomic mass is 35.5. The van der Waals surface area contributed by atoms with Crippen molar-refractivity contribution in [2.75, 3.05) is 36.9 Å². The van der Waals surface area contributed by atoms with E-state index in [0.717, 1.165) is 23.5 Å². The molecule has 0 unspecified atom stereocenters. The van der Waals surface area contributed by atoms with Gasteiger partial charge in [-0.2, -0.15) is 5.26 Å². The number of ether oxygens (including phenoxy) is 2. The number of hydrogen-bond acceptors (Lipinski definition) is 7. The van der Waals surface area contributed by atoms with E-state index in [1.165, 1.54) is 33.7 Å². The van der Waals surface area contributed by atoms with Gasteiger partial charge in [-0.05, 0) is 51.0 Å². The lowest BCUT2D eigenvalue weighted by Gasteiger charge is -2.32. The van der Waals surface area contributed by atoms with Crippen molar-refractivity contribution in [3.63, 3.8) is 0 Å². The Bertz CT molecular complexity index is 1740. The summed E-state index contributed by atoms with van der Waals surface area (Å²) in [7, 11) is 0. The molecule has 2 aliphatic rings. The molecule has 0 saturated carbocycles. The van der Waals surface area contributed by atoms with Gasteiger partial charge in [-0.15, -0.1) is 0 Å². The standard InChI is InChI=1S/C29H30ClFN6O6/c1-16(2)37-24-12-22(31)23(11-20(24)27(39)36(29(37)41)14-19-4-3-8-42-19)34-28(40)35-7-9-43-25(15-35)26(38)33-18-6-5-17(13-32)21(30)10-18/h5-6,10-12,16,19,25H,3-4,7-9,14-15H2,1-2H3,(H,33,38)(H,34,40)/t19-,25+/m0/s1. The SMILES string of the molecule is CC(C)n1c(=O)n(C[C@@H]2CCCO2)c(=O)c2cc(NC(=O)N3CCO[C@@H](C(=O)Nc4ccc(C#N)c(Cl)c4)C3)c(F)cc21. The number of amides is 3. The monoisotopic (exact) mass is 612 g/mol. The van der Waals surface area contributed by atoms with Crippen molar-refractivity contribution >= 4 is 45.8 Å². The summed E-state index contributed by atoms with van der Waals surface area (Å²) in [4.78, 5) is 54.0. The van der Waals surface area contributed by atoms with Crippen molar-refractivity contribution in [2.45, 2.75) is 51.5 Å². The number of nitrogens with zero attached hydrogens (tertiary/aromatic N) is 4. The summed E-state index contributed by atoms with van der Waals surface area (Å²) in [6.07, 6.45) is 0.251. The van der Waals surface area contributed by atoms with E-state index < -0.39 is 35.1 Å². The van der Waals surface area contributed by atoms with Crippen LogP contribution in [0.1, 0.15) is 38.3 Å². The second kappa shape index (κ2) is 12.5. The fourth-order valence-corrected chi connectivity index (χ4v) is 5.46. The highest BCUT2D eigenvalue weighted by Gasteiger charge is 2.30. The van der Waals surface area contributed by atoms with Gasteiger partial charge in [-0.3, -0.25) is 18.7 Å². The first-order valence-electron chi connectivity index (χ1n) is 13.9. The third-order valence-electron chi connectivity index (χ3n) is 7.43. The normalized spacial score (nSPS) is 18.6. The Hall–Kier alpha value is -4.25. The second-order valence-electron chi connectivity index (χ2n) is 10.7. The fraction of sp³-hybridized carbons (Fsp3) is 0.414. The van der Waals surface area contributed by atoms with E-state index in [9.17, 15) is 19.2 Å². The van der Waals surface area contributed by atoms with E-state index in [1.807, 2.05) is 6.07 Å². The van der Waals surface area contributed by atoms with Gasteiger partial charge in [0.25, 0.3) is 11.5 Å². The number of aromatic nitrogens is 2. The molecule has 43 heavy (non-hydrogen) atoms. The summed E-state index contributed by atoms with van der Waals surface area (Å²) >= 11 is 6.04. The average Bonchev–Trinajstić information content (AvgIpc) is 3.49. The largest absolute Gasteiger partial charge is 0.376 e. The van der Waals surface area contributed by atoms with Crippen molar-refractivity contribution in [1.82, 2.24) is 14.0 Å². The molecule has 0 aliphatic carbocycles. The number of benzene rings is 2. The van der Waals surface area contributed by atoms with Crippen LogP contribution < -0.4 is 21.9 Å². The van der Waals surface area contributed by atoms with Crippen LogP contribution in [-0.4, -0.2) is 64.5 Å². The number of morpholine rings is 1. The maximum absolute atomic E-state index is 15.3. The maximum atomic E-state index is 15.3. The minimum absolute atomic E-state index is 0.0500. The lowest BCUT2D eigenvalue weighted by Crippen LogP contribution is -2.51. The molecule has 14 heteroatoms. The van der Waals surface area contributed by atoms with Gasteiger partial charge < -0.3 is 25.0 Å². The van der Waals surface area contributed by atoms with Gasteiger partial charge in [0.15, 0.2) is 6.10 Å². The molecule has 2 atom stereocenters. The van der Waals surface area contributed by atoms with Gasteiger partial charge in [-0.1, -0.05) is 11.6 Å². The maximum Gasteiger partial charge on any atom is 0.331 e. The molecule has 5 rings (SSSR count). The van der Waals surface area contributed by atoms with E-state index in [1.54, 1.807) is 13.8 Å². The Balaban J connectivity index is 1.36. The van der Waals surface area contributed by atoms with E-state index in [4.69, 9.17) is 26.3 Å². The van der Waals surface area contributed by atoms with Crippen molar-refractivity contribution < 1.29 is 23.5 Å². The summed E-state index contributed by atoms with van der Waals surface area (Å²) in [6.45, 7) is 4.21. The van der Waals surface area contributed by atoms with Gasteiger partial charge >= 0.3 is 11.7 Å². The van der Waals surface area contributed by atoms with Gasteiger partial charge in [-0.25, -0.2) is 14.0 Å². The molecule has 2 N–H and O–H groups in total. The third-order valence-corrected chi connectivity index (χ3v) is 7.74. The topological polar surface area (TPSA) is 148 Å². The van der Waals surface area contributed by atoms with Gasteiger partial charge in [0.2, 0.25) is 0 Å². The van der Waals surface area contributed by atoms with Crippen LogP contribution in [0.25, 0.3) is 10.9 Å². The summed E-state index contributed by atoms with van der Waals surface area (Å²) in [5.74, 6) is -1.36. The molecule has 3 amide bonds. The lowest BCUT2D eigenvalue weighted by atomic mass is 10.1. The molecule has 0 bridgehead atoms. The second-order valence-corrected chi connectivity index (χ2v) is 11.1. The van der Waals surface area contributed by atoms with Crippen LogP contribution >= 0.6 is 11.6 Å². The van der Waals surface area contributed by atoms with Crippen molar-refractivity contribution in [3.8, 4) is 6.07 Å². The van der Waals surface area contributed by atoms with Crippen LogP contribution in [0.5, 0.6) is 0 Å². The molecule has 3 aromatic rings. The van der Waals surface area contributed by atoms with E-state index >= 15 is 4.39 Å². The zero-order valence-corrected chi connectivity index (χ0v) is 24.3. The number of carbonyl (C=O) groups is 2. The van der Waals surface area contributed by atoms with Gasteiger partial charge in [0, 0.05) is 30.9 Å². The lowest BCUT2D eigenvalue weighted by molar-refractivity contribution is -0.131. The number of anilines is 2. The molecule has 0 radical (unpaired) electrons. The Labute approximate surface area is 250 Å². The van der Waals surface area contributed by atoms with Crippen molar-refractivity contribution in [2.24, 2.45) is 0 Å². The van der Waals surface area contributed by atoms with Gasteiger partial charge in [0.1, 0.15) is 11.9 Å². The van der Waals surface area contributed by atoms with Crippen LogP contribution in [0.3, 0.4) is 0 Å². The molecule has 2 fully saturated rings. The highest BCUT2D eigenvalue weighted by Crippen LogP contribution is 2.24. The molecule has 0 spiro atoms. The first-order chi connectivity index (χ1) is 20.6. The van der Waals surface area contributed by atoms with E-state index in [0.29, 0.717) is 12.3 Å².